The van der Waals surface area contributed by atoms with Crippen molar-refractivity contribution in [2.24, 2.45) is 11.8 Å². The summed E-state index contributed by atoms with van der Waals surface area (Å²) in [6.45, 7) is 5.45. The summed E-state index contributed by atoms with van der Waals surface area (Å²) in [5.41, 5.74) is 0. The molecule has 0 aromatic carbocycles. The molecule has 2 unspecified atom stereocenters. The lowest BCUT2D eigenvalue weighted by atomic mass is 9.94. The molecule has 1 heterocycles. The molecular weight excluding hydrogens is 244 g/mol. The average Bonchev–Trinajstić information content (AvgIpc) is 3.10. The van der Waals surface area contributed by atoms with E-state index in [0.29, 0.717) is 18.4 Å². The molecule has 2 atom stereocenters. The summed E-state index contributed by atoms with van der Waals surface area (Å²) in [6, 6.07) is 0.125. The largest absolute Gasteiger partial charge is 0.480 e. The maximum Gasteiger partial charge on any atom is 0.323 e. The first-order valence-corrected chi connectivity index (χ1v) is 7.24. The number of piperidine rings is 1. The van der Waals surface area contributed by atoms with Crippen LogP contribution in [0.15, 0.2) is 0 Å². The summed E-state index contributed by atoms with van der Waals surface area (Å²) in [6.07, 6.45) is 4.27. The zero-order chi connectivity index (χ0) is 14.0. The minimum Gasteiger partial charge on any atom is -0.480 e. The third-order valence-corrected chi connectivity index (χ3v) is 4.16. The van der Waals surface area contributed by atoms with Crippen LogP contribution >= 0.6 is 0 Å². The molecule has 1 N–H and O–H groups in total. The smallest absolute Gasteiger partial charge is 0.323 e. The fourth-order valence-corrected chi connectivity index (χ4v) is 2.86. The quantitative estimate of drug-likeness (QED) is 0.848. The Kier molecular flexibility index (Phi) is 4.32. The van der Waals surface area contributed by atoms with Crippen molar-refractivity contribution in [3.8, 4) is 0 Å². The van der Waals surface area contributed by atoms with Gasteiger partial charge in [-0.3, -0.25) is 4.79 Å². The molecule has 0 bridgehead atoms. The van der Waals surface area contributed by atoms with E-state index in [1.165, 1.54) is 4.90 Å². The minimum atomic E-state index is -0.924. The predicted molar refractivity (Wildman–Crippen MR) is 71.9 cm³/mol. The number of nitrogens with zero attached hydrogens (tertiary/aromatic N) is 2. The van der Waals surface area contributed by atoms with Gasteiger partial charge in [-0.1, -0.05) is 6.92 Å². The van der Waals surface area contributed by atoms with Crippen LogP contribution in [0.4, 0.5) is 4.79 Å². The number of hydrogen-bond acceptors (Lipinski definition) is 2. The van der Waals surface area contributed by atoms with Gasteiger partial charge in [0.15, 0.2) is 0 Å². The van der Waals surface area contributed by atoms with Crippen LogP contribution in [0.3, 0.4) is 0 Å². The number of carboxylic acids is 1. The van der Waals surface area contributed by atoms with Crippen molar-refractivity contribution < 1.29 is 14.7 Å². The molecule has 0 spiro atoms. The monoisotopic (exact) mass is 268 g/mol. The second kappa shape index (κ2) is 5.80. The van der Waals surface area contributed by atoms with Gasteiger partial charge in [-0.15, -0.1) is 0 Å². The zero-order valence-electron chi connectivity index (χ0n) is 11.8. The molecule has 0 aromatic rings. The van der Waals surface area contributed by atoms with Crippen LogP contribution in [-0.2, 0) is 4.79 Å². The van der Waals surface area contributed by atoms with Crippen LogP contribution in [-0.4, -0.2) is 52.6 Å². The van der Waals surface area contributed by atoms with E-state index in [1.54, 1.807) is 0 Å². The Balaban J connectivity index is 1.98. The molecule has 0 aromatic heterocycles. The van der Waals surface area contributed by atoms with E-state index >= 15 is 0 Å². The Hall–Kier alpha value is -1.26. The van der Waals surface area contributed by atoms with Gasteiger partial charge >= 0.3 is 12.0 Å². The number of carbonyl (C=O) groups is 2. The standard InChI is InChI=1S/C14H24N2O3/c1-10-5-6-16(11(2)7-10)14(19)15(9-13(17)18)8-12-3-4-12/h10-12H,3-9H2,1-2H3,(H,17,18). The van der Waals surface area contributed by atoms with Gasteiger partial charge in [-0.25, -0.2) is 4.79 Å². The van der Waals surface area contributed by atoms with Crippen molar-refractivity contribution in [1.82, 2.24) is 9.80 Å². The van der Waals surface area contributed by atoms with E-state index in [0.717, 1.165) is 32.2 Å². The number of amides is 2. The molecule has 1 aliphatic heterocycles. The fraction of sp³-hybridized carbons (Fsp3) is 0.857. The maximum atomic E-state index is 12.5. The van der Waals surface area contributed by atoms with Crippen molar-refractivity contribution >= 4 is 12.0 Å². The van der Waals surface area contributed by atoms with E-state index < -0.39 is 5.97 Å². The topological polar surface area (TPSA) is 60.9 Å². The van der Waals surface area contributed by atoms with Gasteiger partial charge in [-0.05, 0) is 44.4 Å². The molecule has 108 valence electrons. The van der Waals surface area contributed by atoms with E-state index in [2.05, 4.69) is 13.8 Å². The van der Waals surface area contributed by atoms with Crippen LogP contribution in [0.5, 0.6) is 0 Å². The normalized spacial score (nSPS) is 27.2. The Labute approximate surface area is 114 Å². The molecule has 2 rings (SSSR count). The molecule has 2 aliphatic rings. The average molecular weight is 268 g/mol. The lowest BCUT2D eigenvalue weighted by Crippen LogP contribution is -2.52. The van der Waals surface area contributed by atoms with Gasteiger partial charge in [-0.2, -0.15) is 0 Å². The number of likely N-dealkylation sites (tertiary alicyclic amines) is 1. The number of rotatable bonds is 4. The molecule has 1 saturated heterocycles. The molecule has 2 fully saturated rings. The van der Waals surface area contributed by atoms with Gasteiger partial charge < -0.3 is 14.9 Å². The van der Waals surface area contributed by atoms with Gasteiger partial charge in [0.2, 0.25) is 0 Å². The van der Waals surface area contributed by atoms with E-state index in [4.69, 9.17) is 5.11 Å². The highest BCUT2D eigenvalue weighted by molar-refractivity contribution is 5.80. The Bertz CT molecular complexity index is 355. The van der Waals surface area contributed by atoms with E-state index in [9.17, 15) is 9.59 Å². The van der Waals surface area contributed by atoms with Crippen molar-refractivity contribution in [2.45, 2.75) is 45.6 Å². The van der Waals surface area contributed by atoms with E-state index in [-0.39, 0.29) is 18.6 Å². The molecule has 5 nitrogen and oxygen atoms in total. The van der Waals surface area contributed by atoms with Crippen molar-refractivity contribution in [2.75, 3.05) is 19.6 Å². The summed E-state index contributed by atoms with van der Waals surface area (Å²) in [5, 5.41) is 8.96. The molecule has 1 saturated carbocycles. The van der Waals surface area contributed by atoms with Gasteiger partial charge in [0, 0.05) is 19.1 Å². The molecule has 19 heavy (non-hydrogen) atoms. The van der Waals surface area contributed by atoms with Crippen LogP contribution in [0.25, 0.3) is 0 Å². The predicted octanol–water partition coefficient (Wildman–Crippen LogP) is 2.02. The lowest BCUT2D eigenvalue weighted by Gasteiger charge is -2.39. The van der Waals surface area contributed by atoms with Crippen LogP contribution in [0.2, 0.25) is 0 Å². The van der Waals surface area contributed by atoms with Gasteiger partial charge in [0.1, 0.15) is 6.54 Å². The first-order chi connectivity index (χ1) is 8.97. The molecular formula is C14H24N2O3. The maximum absolute atomic E-state index is 12.5. The van der Waals surface area contributed by atoms with Crippen molar-refractivity contribution in [3.63, 3.8) is 0 Å². The summed E-state index contributed by atoms with van der Waals surface area (Å²) in [4.78, 5) is 26.8. The first kappa shape index (κ1) is 14.2. The second-order valence-corrected chi connectivity index (χ2v) is 6.17. The molecule has 5 heteroatoms. The summed E-state index contributed by atoms with van der Waals surface area (Å²) < 4.78 is 0. The first-order valence-electron chi connectivity index (χ1n) is 7.24. The number of hydrogen-bond donors (Lipinski definition) is 1. The van der Waals surface area contributed by atoms with Crippen LogP contribution in [0, 0.1) is 11.8 Å². The highest BCUT2D eigenvalue weighted by Gasteiger charge is 2.33. The van der Waals surface area contributed by atoms with Gasteiger partial charge in [0.05, 0.1) is 0 Å². The number of aliphatic carboxylic acids is 1. The van der Waals surface area contributed by atoms with Gasteiger partial charge in [0.25, 0.3) is 0 Å². The lowest BCUT2D eigenvalue weighted by molar-refractivity contribution is -0.137. The summed E-state index contributed by atoms with van der Waals surface area (Å²) in [7, 11) is 0. The highest BCUT2D eigenvalue weighted by Crippen LogP contribution is 2.30. The Morgan fingerprint density at radius 2 is 1.95 bits per heavy atom. The third kappa shape index (κ3) is 3.85. The number of carbonyl (C=O) groups excluding carboxylic acids is 1. The Morgan fingerprint density at radius 3 is 2.47 bits per heavy atom. The number of urea groups is 1. The highest BCUT2D eigenvalue weighted by atomic mass is 16.4. The van der Waals surface area contributed by atoms with Crippen LogP contribution < -0.4 is 0 Å². The summed E-state index contributed by atoms with van der Waals surface area (Å²) >= 11 is 0. The fourth-order valence-electron chi connectivity index (χ4n) is 2.86. The molecule has 2 amide bonds. The minimum absolute atomic E-state index is 0.0892. The third-order valence-electron chi connectivity index (χ3n) is 4.16. The second-order valence-electron chi connectivity index (χ2n) is 6.17. The number of carboxylic acid groups (broad SMARTS) is 1. The SMILES string of the molecule is CC1CCN(C(=O)N(CC(=O)O)CC2CC2)C(C)C1. The van der Waals surface area contributed by atoms with E-state index in [1.807, 2.05) is 4.90 Å². The van der Waals surface area contributed by atoms with Crippen molar-refractivity contribution in [1.29, 1.82) is 0 Å². The Morgan fingerprint density at radius 1 is 1.26 bits per heavy atom. The summed E-state index contributed by atoms with van der Waals surface area (Å²) in [5.74, 6) is 0.241. The van der Waals surface area contributed by atoms with Crippen LogP contribution in [0.1, 0.15) is 39.5 Å². The zero-order valence-corrected chi connectivity index (χ0v) is 11.8. The molecule has 1 aliphatic carbocycles. The molecule has 0 radical (unpaired) electrons. The van der Waals surface area contributed by atoms with Crippen molar-refractivity contribution in [3.05, 3.63) is 0 Å².